The van der Waals surface area contributed by atoms with Crippen LogP contribution < -0.4 is 16.4 Å². The summed E-state index contributed by atoms with van der Waals surface area (Å²) in [4.78, 5) is 20.7. The summed E-state index contributed by atoms with van der Waals surface area (Å²) < 4.78 is 0. The second kappa shape index (κ2) is 7.32. The van der Waals surface area contributed by atoms with Gasteiger partial charge in [-0.1, -0.05) is 6.07 Å². The minimum Gasteiger partial charge on any atom is -0.379 e. The number of amides is 1. The van der Waals surface area contributed by atoms with Gasteiger partial charge in [0.25, 0.3) is 5.69 Å². The van der Waals surface area contributed by atoms with Gasteiger partial charge in [-0.2, -0.15) is 0 Å². The molecule has 0 heterocycles. The molecule has 1 unspecified atom stereocenters. The molecule has 0 saturated heterocycles. The van der Waals surface area contributed by atoms with Crippen LogP contribution in [0.3, 0.4) is 0 Å². The Morgan fingerprint density at radius 2 is 2.21 bits per heavy atom. The first kappa shape index (κ1) is 14.9. The van der Waals surface area contributed by atoms with Crippen molar-refractivity contribution in [2.24, 2.45) is 11.7 Å². The molecule has 1 atom stereocenters. The molecule has 1 aromatic carbocycles. The SMILES string of the molecule is Cc1ccc(NCC(CN)CNC=O)c([N+](=O)[O-])c1. The summed E-state index contributed by atoms with van der Waals surface area (Å²) in [5.41, 5.74) is 6.90. The van der Waals surface area contributed by atoms with Crippen LogP contribution in [0.2, 0.25) is 0 Å². The minimum absolute atomic E-state index is 0.0195. The fourth-order valence-electron chi connectivity index (χ4n) is 1.65. The highest BCUT2D eigenvalue weighted by atomic mass is 16.6. The zero-order chi connectivity index (χ0) is 14.3. The first-order chi connectivity index (χ1) is 9.08. The Morgan fingerprint density at radius 1 is 1.47 bits per heavy atom. The fourth-order valence-corrected chi connectivity index (χ4v) is 1.65. The van der Waals surface area contributed by atoms with Gasteiger partial charge in [-0.15, -0.1) is 0 Å². The molecule has 7 nitrogen and oxygen atoms in total. The van der Waals surface area contributed by atoms with E-state index in [1.165, 1.54) is 6.07 Å². The third-order valence-electron chi connectivity index (χ3n) is 2.75. The molecule has 0 aromatic heterocycles. The van der Waals surface area contributed by atoms with Crippen LogP contribution in [-0.4, -0.2) is 31.0 Å². The average molecular weight is 266 g/mol. The van der Waals surface area contributed by atoms with Gasteiger partial charge in [0.05, 0.1) is 4.92 Å². The third kappa shape index (κ3) is 4.55. The molecule has 1 aromatic rings. The van der Waals surface area contributed by atoms with Crippen LogP contribution in [0, 0.1) is 23.0 Å². The summed E-state index contributed by atoms with van der Waals surface area (Å²) in [5.74, 6) is 0.0195. The van der Waals surface area contributed by atoms with E-state index in [4.69, 9.17) is 5.73 Å². The van der Waals surface area contributed by atoms with Gasteiger partial charge in [0.15, 0.2) is 0 Å². The number of carbonyl (C=O) groups is 1. The number of nitro benzene ring substituents is 1. The summed E-state index contributed by atoms with van der Waals surface area (Å²) in [6.45, 7) is 3.08. The molecule has 1 rings (SSSR count). The molecule has 0 aliphatic rings. The predicted octanol–water partition coefficient (Wildman–Crippen LogP) is 0.636. The zero-order valence-corrected chi connectivity index (χ0v) is 10.8. The molecule has 4 N–H and O–H groups in total. The predicted molar refractivity (Wildman–Crippen MR) is 72.9 cm³/mol. The van der Waals surface area contributed by atoms with Gasteiger partial charge in [0.2, 0.25) is 6.41 Å². The van der Waals surface area contributed by atoms with E-state index in [0.717, 1.165) is 5.56 Å². The van der Waals surface area contributed by atoms with Crippen molar-refractivity contribution in [3.8, 4) is 0 Å². The lowest BCUT2D eigenvalue weighted by Crippen LogP contribution is -2.32. The smallest absolute Gasteiger partial charge is 0.292 e. The summed E-state index contributed by atoms with van der Waals surface area (Å²) >= 11 is 0. The van der Waals surface area contributed by atoms with Crippen LogP contribution in [0.5, 0.6) is 0 Å². The molecular weight excluding hydrogens is 248 g/mol. The Bertz CT molecular complexity index is 451. The summed E-state index contributed by atoms with van der Waals surface area (Å²) in [6.07, 6.45) is 0.608. The fraction of sp³-hybridized carbons (Fsp3) is 0.417. The number of rotatable bonds is 8. The van der Waals surface area contributed by atoms with Gasteiger partial charge in [-0.25, -0.2) is 0 Å². The molecule has 1 amide bonds. The number of hydrogen-bond donors (Lipinski definition) is 3. The molecule has 7 heteroatoms. The minimum atomic E-state index is -0.420. The van der Waals surface area contributed by atoms with Crippen LogP contribution in [0.15, 0.2) is 18.2 Å². The number of aryl methyl sites for hydroxylation is 1. The van der Waals surface area contributed by atoms with Gasteiger partial charge >= 0.3 is 0 Å². The zero-order valence-electron chi connectivity index (χ0n) is 10.8. The Morgan fingerprint density at radius 3 is 2.79 bits per heavy atom. The van der Waals surface area contributed by atoms with Crippen LogP contribution in [-0.2, 0) is 4.79 Å². The summed E-state index contributed by atoms with van der Waals surface area (Å²) in [7, 11) is 0. The Kier molecular flexibility index (Phi) is 5.74. The highest BCUT2D eigenvalue weighted by molar-refractivity contribution is 5.62. The molecule has 19 heavy (non-hydrogen) atoms. The van der Waals surface area contributed by atoms with E-state index in [0.29, 0.717) is 31.7 Å². The van der Waals surface area contributed by atoms with Crippen LogP contribution in [0.1, 0.15) is 5.56 Å². The van der Waals surface area contributed by atoms with Gasteiger partial charge in [0.1, 0.15) is 5.69 Å². The second-order valence-corrected chi connectivity index (χ2v) is 4.29. The number of benzene rings is 1. The Hall–Kier alpha value is -2.15. The summed E-state index contributed by atoms with van der Waals surface area (Å²) in [5, 5.41) is 16.5. The monoisotopic (exact) mass is 266 g/mol. The van der Waals surface area contributed by atoms with Gasteiger partial charge in [0, 0.05) is 25.1 Å². The molecule has 0 saturated carbocycles. The van der Waals surface area contributed by atoms with Crippen molar-refractivity contribution in [1.29, 1.82) is 0 Å². The number of nitro groups is 1. The van der Waals surface area contributed by atoms with E-state index in [1.807, 2.05) is 0 Å². The number of anilines is 1. The highest BCUT2D eigenvalue weighted by Gasteiger charge is 2.14. The maximum atomic E-state index is 10.9. The van der Waals surface area contributed by atoms with Crippen molar-refractivity contribution >= 4 is 17.8 Å². The lowest BCUT2D eigenvalue weighted by molar-refractivity contribution is -0.384. The first-order valence-corrected chi connectivity index (χ1v) is 5.94. The van der Waals surface area contributed by atoms with Crippen molar-refractivity contribution in [3.05, 3.63) is 33.9 Å². The third-order valence-corrected chi connectivity index (χ3v) is 2.75. The number of carbonyl (C=O) groups excluding carboxylic acids is 1. The van der Waals surface area contributed by atoms with Crippen molar-refractivity contribution in [1.82, 2.24) is 5.32 Å². The van der Waals surface area contributed by atoms with Crippen LogP contribution >= 0.6 is 0 Å². The number of hydrogen-bond acceptors (Lipinski definition) is 5. The summed E-state index contributed by atoms with van der Waals surface area (Å²) in [6, 6.07) is 4.99. The molecule has 0 spiro atoms. The van der Waals surface area contributed by atoms with Crippen molar-refractivity contribution in [2.75, 3.05) is 25.0 Å². The number of nitrogens with zero attached hydrogens (tertiary/aromatic N) is 1. The topological polar surface area (TPSA) is 110 Å². The molecule has 0 bridgehead atoms. The Balaban J connectivity index is 2.70. The standard InChI is InChI=1S/C12H18N4O3/c1-9-2-3-11(12(4-9)16(18)19)15-7-10(5-13)6-14-8-17/h2-4,8,10,15H,5-7,13H2,1H3,(H,14,17). The number of nitrogens with two attached hydrogens (primary N) is 1. The van der Waals surface area contributed by atoms with Gasteiger partial charge in [-0.05, 0) is 25.1 Å². The molecule has 104 valence electrons. The van der Waals surface area contributed by atoms with E-state index in [9.17, 15) is 14.9 Å². The van der Waals surface area contributed by atoms with E-state index < -0.39 is 4.92 Å². The molecule has 0 aliphatic carbocycles. The van der Waals surface area contributed by atoms with Gasteiger partial charge < -0.3 is 16.4 Å². The van der Waals surface area contributed by atoms with Crippen LogP contribution in [0.4, 0.5) is 11.4 Å². The van der Waals surface area contributed by atoms with Crippen molar-refractivity contribution < 1.29 is 9.72 Å². The van der Waals surface area contributed by atoms with Gasteiger partial charge in [-0.3, -0.25) is 14.9 Å². The quantitative estimate of drug-likeness (QED) is 0.363. The van der Waals surface area contributed by atoms with E-state index in [-0.39, 0.29) is 11.6 Å². The second-order valence-electron chi connectivity index (χ2n) is 4.29. The lowest BCUT2D eigenvalue weighted by atomic mass is 10.1. The molecule has 0 fully saturated rings. The first-order valence-electron chi connectivity index (χ1n) is 5.94. The normalized spacial score (nSPS) is 11.7. The maximum absolute atomic E-state index is 10.9. The molecular formula is C12H18N4O3. The average Bonchev–Trinajstić information content (AvgIpc) is 2.40. The molecule has 0 radical (unpaired) electrons. The van der Waals surface area contributed by atoms with E-state index in [2.05, 4.69) is 10.6 Å². The largest absolute Gasteiger partial charge is 0.379 e. The lowest BCUT2D eigenvalue weighted by Gasteiger charge is -2.15. The van der Waals surface area contributed by atoms with Crippen molar-refractivity contribution in [2.45, 2.75) is 6.92 Å². The van der Waals surface area contributed by atoms with Crippen LogP contribution in [0.25, 0.3) is 0 Å². The van der Waals surface area contributed by atoms with E-state index >= 15 is 0 Å². The van der Waals surface area contributed by atoms with Crippen molar-refractivity contribution in [3.63, 3.8) is 0 Å². The van der Waals surface area contributed by atoms with E-state index in [1.54, 1.807) is 19.1 Å². The Labute approximate surface area is 111 Å². The maximum Gasteiger partial charge on any atom is 0.292 e. The number of nitrogens with one attached hydrogen (secondary N) is 2. The highest BCUT2D eigenvalue weighted by Crippen LogP contribution is 2.25. The molecule has 0 aliphatic heterocycles.